The van der Waals surface area contributed by atoms with Gasteiger partial charge < -0.3 is 0 Å². The maximum atomic E-state index is 7.21. The first-order chi connectivity index (χ1) is 11.0. The van der Waals surface area contributed by atoms with Crippen LogP contribution in [-0.4, -0.2) is 0 Å². The van der Waals surface area contributed by atoms with E-state index in [0.717, 1.165) is 5.39 Å². The molecule has 0 amide bonds. The van der Waals surface area contributed by atoms with E-state index in [2.05, 4.69) is 73.8 Å². The number of nitrogens with zero attached hydrogens (tertiary/aromatic N) is 2. The maximum Gasteiger partial charge on any atom is 0.220 e. The lowest BCUT2D eigenvalue weighted by Crippen LogP contribution is -2.30. The predicted molar refractivity (Wildman–Crippen MR) is 95.6 cm³/mol. The first kappa shape index (κ1) is 15.2. The first-order valence-electron chi connectivity index (χ1n) is 7.92. The molecule has 1 heterocycles. The van der Waals surface area contributed by atoms with E-state index in [4.69, 9.17) is 6.57 Å². The van der Waals surface area contributed by atoms with E-state index >= 15 is 0 Å². The van der Waals surface area contributed by atoms with Crippen LogP contribution >= 0.6 is 0 Å². The van der Waals surface area contributed by atoms with Crippen molar-refractivity contribution in [2.75, 3.05) is 0 Å². The van der Waals surface area contributed by atoms with E-state index in [-0.39, 0.29) is 0 Å². The van der Waals surface area contributed by atoms with E-state index in [9.17, 15) is 0 Å². The van der Waals surface area contributed by atoms with Crippen LogP contribution in [0.15, 0.2) is 48.7 Å². The molecule has 3 rings (SSSR count). The molecule has 0 saturated carbocycles. The largest absolute Gasteiger partial charge is 0.238 e. The van der Waals surface area contributed by atoms with Crippen molar-refractivity contribution in [3.8, 4) is 11.3 Å². The maximum absolute atomic E-state index is 7.21. The number of aryl methyl sites for hydroxylation is 2. The number of rotatable bonds is 2. The molecule has 0 N–H and O–H groups in total. The zero-order valence-electron chi connectivity index (χ0n) is 14.1. The molecule has 3 aromatic rings. The molecule has 0 unspecified atom stereocenters. The molecule has 0 aliphatic heterocycles. The van der Waals surface area contributed by atoms with Gasteiger partial charge in [0.05, 0.1) is 12.0 Å². The van der Waals surface area contributed by atoms with Gasteiger partial charge in [-0.2, -0.15) is 0 Å². The topological polar surface area (TPSA) is 8.24 Å². The fraction of sp³-hybridized carbons (Fsp3) is 0.238. The zero-order valence-corrected chi connectivity index (χ0v) is 14.1. The van der Waals surface area contributed by atoms with Gasteiger partial charge in [-0.05, 0) is 41.5 Å². The third-order valence-corrected chi connectivity index (χ3v) is 4.43. The third kappa shape index (κ3) is 2.71. The highest BCUT2D eigenvalue weighted by Gasteiger charge is 2.18. The standard InChI is InChI=1S/C21H21N2/c1-14(2)16-7-6-15(3)20(13-16)21-19-9-8-18(22-4)12-17(19)10-11-23(21)5/h6-14H,1-3,5H3/q+1. The Hall–Kier alpha value is -2.66. The van der Waals surface area contributed by atoms with E-state index in [1.807, 2.05) is 12.1 Å². The Balaban J connectivity index is 2.34. The summed E-state index contributed by atoms with van der Waals surface area (Å²) >= 11 is 0. The number of pyridine rings is 1. The van der Waals surface area contributed by atoms with Crippen LogP contribution in [0, 0.1) is 13.5 Å². The molecule has 1 aromatic heterocycles. The van der Waals surface area contributed by atoms with Gasteiger partial charge in [-0.25, -0.2) is 9.41 Å². The van der Waals surface area contributed by atoms with Gasteiger partial charge in [0.1, 0.15) is 7.05 Å². The summed E-state index contributed by atoms with van der Waals surface area (Å²) in [5.41, 5.74) is 5.77. The van der Waals surface area contributed by atoms with E-state index in [0.29, 0.717) is 11.6 Å². The summed E-state index contributed by atoms with van der Waals surface area (Å²) in [6, 6.07) is 14.7. The molecule has 114 valence electrons. The van der Waals surface area contributed by atoms with Crippen molar-refractivity contribution < 1.29 is 4.57 Å². The van der Waals surface area contributed by atoms with Crippen LogP contribution in [0.25, 0.3) is 26.9 Å². The summed E-state index contributed by atoms with van der Waals surface area (Å²) in [4.78, 5) is 3.54. The van der Waals surface area contributed by atoms with E-state index < -0.39 is 0 Å². The SMILES string of the molecule is [C-]#[N+]c1ccc2c(-c3cc(C(C)C)ccc3C)[n+](C)ccc2c1. The number of hydrogen-bond donors (Lipinski definition) is 0. The lowest BCUT2D eigenvalue weighted by Gasteiger charge is -2.12. The van der Waals surface area contributed by atoms with Crippen LogP contribution in [0.2, 0.25) is 0 Å². The minimum Gasteiger partial charge on any atom is -0.238 e. The van der Waals surface area contributed by atoms with Gasteiger partial charge in [-0.1, -0.05) is 38.1 Å². The van der Waals surface area contributed by atoms with E-state index in [1.54, 1.807) is 0 Å². The molecule has 0 bridgehead atoms. The Morgan fingerprint density at radius 2 is 1.83 bits per heavy atom. The van der Waals surface area contributed by atoms with Gasteiger partial charge in [0.25, 0.3) is 0 Å². The summed E-state index contributed by atoms with van der Waals surface area (Å²) in [7, 11) is 2.08. The smallest absolute Gasteiger partial charge is 0.220 e. The minimum absolute atomic E-state index is 0.503. The summed E-state index contributed by atoms with van der Waals surface area (Å²) in [5.74, 6) is 0.503. The van der Waals surface area contributed by atoms with Gasteiger partial charge in [0, 0.05) is 11.6 Å². The normalized spacial score (nSPS) is 11.0. The minimum atomic E-state index is 0.503. The second-order valence-electron chi connectivity index (χ2n) is 6.39. The second-order valence-corrected chi connectivity index (χ2v) is 6.39. The number of benzene rings is 2. The Morgan fingerprint density at radius 3 is 2.52 bits per heavy atom. The molecule has 0 radical (unpaired) electrons. The van der Waals surface area contributed by atoms with Crippen molar-refractivity contribution in [2.45, 2.75) is 26.7 Å². The van der Waals surface area contributed by atoms with Crippen LogP contribution in [-0.2, 0) is 7.05 Å². The third-order valence-electron chi connectivity index (χ3n) is 4.43. The lowest BCUT2D eigenvalue weighted by molar-refractivity contribution is -0.659. The molecular formula is C21H21N2+. The molecule has 2 aromatic carbocycles. The van der Waals surface area contributed by atoms with Crippen LogP contribution in [0.1, 0.15) is 30.9 Å². The lowest BCUT2D eigenvalue weighted by atomic mass is 9.94. The fourth-order valence-corrected chi connectivity index (χ4v) is 3.02. The average molecular weight is 301 g/mol. The van der Waals surface area contributed by atoms with Gasteiger partial charge in [-0.15, -0.1) is 0 Å². The Bertz CT molecular complexity index is 930. The average Bonchev–Trinajstić information content (AvgIpc) is 2.55. The summed E-state index contributed by atoms with van der Waals surface area (Å²) < 4.78 is 2.17. The van der Waals surface area contributed by atoms with Gasteiger partial charge in [0.2, 0.25) is 5.69 Å². The van der Waals surface area contributed by atoms with Crippen LogP contribution in [0.4, 0.5) is 5.69 Å². The first-order valence-corrected chi connectivity index (χ1v) is 7.92. The number of hydrogen-bond acceptors (Lipinski definition) is 0. The van der Waals surface area contributed by atoms with E-state index in [1.165, 1.54) is 27.8 Å². The highest BCUT2D eigenvalue weighted by molar-refractivity contribution is 5.95. The van der Waals surface area contributed by atoms with Crippen molar-refractivity contribution in [1.82, 2.24) is 0 Å². The molecule has 2 heteroatoms. The monoisotopic (exact) mass is 301 g/mol. The second kappa shape index (κ2) is 5.85. The van der Waals surface area contributed by atoms with Gasteiger partial charge in [-0.3, -0.25) is 0 Å². The molecular weight excluding hydrogens is 280 g/mol. The summed E-state index contributed by atoms with van der Waals surface area (Å²) in [5, 5.41) is 2.30. The zero-order chi connectivity index (χ0) is 16.6. The molecule has 0 saturated heterocycles. The highest BCUT2D eigenvalue weighted by atomic mass is 14.9. The highest BCUT2D eigenvalue weighted by Crippen LogP contribution is 2.32. The van der Waals surface area contributed by atoms with Crippen molar-refractivity contribution in [1.29, 1.82) is 0 Å². The molecule has 0 aliphatic carbocycles. The molecule has 0 atom stereocenters. The van der Waals surface area contributed by atoms with Gasteiger partial charge in [0.15, 0.2) is 11.9 Å². The fourth-order valence-electron chi connectivity index (χ4n) is 3.02. The van der Waals surface area contributed by atoms with Crippen molar-refractivity contribution >= 4 is 16.5 Å². The van der Waals surface area contributed by atoms with Crippen molar-refractivity contribution in [3.05, 3.63) is 71.2 Å². The van der Waals surface area contributed by atoms with Gasteiger partial charge >= 0.3 is 0 Å². The Kier molecular flexibility index (Phi) is 3.88. The number of aromatic nitrogens is 1. The summed E-state index contributed by atoms with van der Waals surface area (Å²) in [6.45, 7) is 13.8. The molecule has 0 aliphatic rings. The Labute approximate surface area is 137 Å². The van der Waals surface area contributed by atoms with Crippen LogP contribution < -0.4 is 4.57 Å². The van der Waals surface area contributed by atoms with Crippen molar-refractivity contribution in [2.24, 2.45) is 7.05 Å². The quantitative estimate of drug-likeness (QED) is 0.447. The Morgan fingerprint density at radius 1 is 1.04 bits per heavy atom. The molecule has 0 spiro atoms. The van der Waals surface area contributed by atoms with Crippen LogP contribution in [0.5, 0.6) is 0 Å². The summed E-state index contributed by atoms with van der Waals surface area (Å²) in [6.07, 6.45) is 2.08. The molecule has 23 heavy (non-hydrogen) atoms. The molecule has 2 nitrogen and oxygen atoms in total. The molecule has 0 fully saturated rings. The predicted octanol–water partition coefficient (Wildman–Crippen LogP) is 5.31. The van der Waals surface area contributed by atoms with Crippen LogP contribution in [0.3, 0.4) is 0 Å². The number of fused-ring (bicyclic) bond motifs is 1. The van der Waals surface area contributed by atoms with Crippen molar-refractivity contribution in [3.63, 3.8) is 0 Å².